The van der Waals surface area contributed by atoms with Crippen LogP contribution in [0.4, 0.5) is 4.39 Å². The molecule has 0 spiro atoms. The monoisotopic (exact) mass is 288 g/mol. The van der Waals surface area contributed by atoms with E-state index in [0.29, 0.717) is 24.0 Å². The van der Waals surface area contributed by atoms with Gasteiger partial charge < -0.3 is 4.74 Å². The van der Waals surface area contributed by atoms with Crippen molar-refractivity contribution in [2.45, 2.75) is 51.7 Å². The lowest BCUT2D eigenvalue weighted by Crippen LogP contribution is -2.13. The van der Waals surface area contributed by atoms with Crippen LogP contribution in [-0.2, 0) is 6.61 Å². The molecule has 1 heterocycles. The van der Waals surface area contributed by atoms with Gasteiger partial charge in [0.15, 0.2) is 0 Å². The van der Waals surface area contributed by atoms with Gasteiger partial charge >= 0.3 is 0 Å². The lowest BCUT2D eigenvalue weighted by Gasteiger charge is -2.21. The molecule has 21 heavy (non-hydrogen) atoms. The van der Waals surface area contributed by atoms with Crippen LogP contribution in [0.15, 0.2) is 30.5 Å². The minimum Gasteiger partial charge on any atom is -0.487 e. The molecule has 1 aromatic carbocycles. The molecule has 1 aliphatic rings. The molecule has 0 radical (unpaired) electrons. The van der Waals surface area contributed by atoms with E-state index in [1.807, 2.05) is 12.3 Å². The molecule has 1 fully saturated rings. The SMILES string of the molecule is Cc1cc(OCc2ccn(C3CCCCC3)n2)ccc1F. The van der Waals surface area contributed by atoms with Gasteiger partial charge in [-0.3, -0.25) is 4.68 Å². The number of nitrogens with zero attached hydrogens (tertiary/aromatic N) is 2. The second-order valence-electron chi connectivity index (χ2n) is 5.78. The third kappa shape index (κ3) is 3.43. The molecule has 3 rings (SSSR count). The maximum absolute atomic E-state index is 13.2. The lowest BCUT2D eigenvalue weighted by atomic mass is 9.96. The average Bonchev–Trinajstić information content (AvgIpc) is 2.98. The van der Waals surface area contributed by atoms with Crippen molar-refractivity contribution in [3.8, 4) is 5.75 Å². The number of hydrogen-bond donors (Lipinski definition) is 0. The Balaban J connectivity index is 1.60. The molecule has 0 amide bonds. The topological polar surface area (TPSA) is 27.1 Å². The summed E-state index contributed by atoms with van der Waals surface area (Å²) in [5.74, 6) is 0.477. The Morgan fingerprint density at radius 3 is 2.81 bits per heavy atom. The van der Waals surface area contributed by atoms with Gasteiger partial charge in [-0.1, -0.05) is 19.3 Å². The smallest absolute Gasteiger partial charge is 0.132 e. The highest BCUT2D eigenvalue weighted by Crippen LogP contribution is 2.27. The Bertz CT molecular complexity index is 603. The normalized spacial score (nSPS) is 16.1. The Hall–Kier alpha value is -1.84. The summed E-state index contributed by atoms with van der Waals surface area (Å²) in [5, 5.41) is 4.61. The van der Waals surface area contributed by atoms with Gasteiger partial charge in [0.1, 0.15) is 18.2 Å². The van der Waals surface area contributed by atoms with Crippen LogP contribution in [-0.4, -0.2) is 9.78 Å². The highest BCUT2D eigenvalue weighted by Gasteiger charge is 2.16. The molecule has 0 bridgehead atoms. The summed E-state index contributed by atoms with van der Waals surface area (Å²) in [6.07, 6.45) is 8.43. The quantitative estimate of drug-likeness (QED) is 0.833. The van der Waals surface area contributed by atoms with Crippen molar-refractivity contribution in [1.82, 2.24) is 9.78 Å². The molecule has 4 heteroatoms. The fraction of sp³-hybridized carbons (Fsp3) is 0.471. The fourth-order valence-electron chi connectivity index (χ4n) is 2.87. The van der Waals surface area contributed by atoms with Gasteiger partial charge in [0, 0.05) is 6.20 Å². The van der Waals surface area contributed by atoms with E-state index in [9.17, 15) is 4.39 Å². The molecule has 1 saturated carbocycles. The highest BCUT2D eigenvalue weighted by molar-refractivity contribution is 5.28. The first kappa shape index (κ1) is 14.1. The van der Waals surface area contributed by atoms with E-state index in [0.717, 1.165) is 5.69 Å². The highest BCUT2D eigenvalue weighted by atomic mass is 19.1. The summed E-state index contributed by atoms with van der Waals surface area (Å²) < 4.78 is 21.0. The van der Waals surface area contributed by atoms with E-state index in [2.05, 4.69) is 9.78 Å². The zero-order chi connectivity index (χ0) is 14.7. The van der Waals surface area contributed by atoms with Crippen LogP contribution in [0, 0.1) is 12.7 Å². The second kappa shape index (κ2) is 6.29. The molecule has 1 aromatic heterocycles. The summed E-state index contributed by atoms with van der Waals surface area (Å²) in [4.78, 5) is 0. The van der Waals surface area contributed by atoms with Crippen molar-refractivity contribution >= 4 is 0 Å². The zero-order valence-corrected chi connectivity index (χ0v) is 12.4. The largest absolute Gasteiger partial charge is 0.487 e. The molecule has 3 nitrogen and oxygen atoms in total. The number of aromatic nitrogens is 2. The zero-order valence-electron chi connectivity index (χ0n) is 12.4. The number of hydrogen-bond acceptors (Lipinski definition) is 2. The minimum absolute atomic E-state index is 0.205. The maximum atomic E-state index is 13.2. The van der Waals surface area contributed by atoms with E-state index in [-0.39, 0.29) is 5.82 Å². The van der Waals surface area contributed by atoms with Crippen LogP contribution < -0.4 is 4.74 Å². The van der Waals surface area contributed by atoms with Crippen molar-refractivity contribution in [2.24, 2.45) is 0 Å². The minimum atomic E-state index is -0.205. The molecule has 1 aliphatic carbocycles. The summed E-state index contributed by atoms with van der Waals surface area (Å²) >= 11 is 0. The predicted molar refractivity (Wildman–Crippen MR) is 79.8 cm³/mol. The van der Waals surface area contributed by atoms with Crippen LogP contribution >= 0.6 is 0 Å². The van der Waals surface area contributed by atoms with Gasteiger partial charge in [-0.25, -0.2) is 4.39 Å². The van der Waals surface area contributed by atoms with Crippen LogP contribution in [0.25, 0.3) is 0 Å². The van der Waals surface area contributed by atoms with Gasteiger partial charge in [0.05, 0.1) is 11.7 Å². The third-order valence-electron chi connectivity index (χ3n) is 4.13. The Morgan fingerprint density at radius 1 is 1.24 bits per heavy atom. The summed E-state index contributed by atoms with van der Waals surface area (Å²) in [6, 6.07) is 7.35. The van der Waals surface area contributed by atoms with Crippen LogP contribution in [0.2, 0.25) is 0 Å². The number of rotatable bonds is 4. The van der Waals surface area contributed by atoms with Gasteiger partial charge in [0.25, 0.3) is 0 Å². The second-order valence-corrected chi connectivity index (χ2v) is 5.78. The Kier molecular flexibility index (Phi) is 4.23. The molecule has 0 N–H and O–H groups in total. The van der Waals surface area contributed by atoms with Crippen LogP contribution in [0.5, 0.6) is 5.75 Å². The Labute approximate surface area is 124 Å². The molecular formula is C17H21FN2O. The summed E-state index contributed by atoms with van der Waals surface area (Å²) in [6.45, 7) is 2.16. The molecule has 0 aliphatic heterocycles. The number of aryl methyl sites for hydroxylation is 1. The van der Waals surface area contributed by atoms with Crippen molar-refractivity contribution in [3.63, 3.8) is 0 Å². The first-order valence-corrected chi connectivity index (χ1v) is 7.65. The maximum Gasteiger partial charge on any atom is 0.132 e. The molecule has 112 valence electrons. The van der Waals surface area contributed by atoms with Crippen LogP contribution in [0.1, 0.15) is 49.4 Å². The van der Waals surface area contributed by atoms with Crippen molar-refractivity contribution in [1.29, 1.82) is 0 Å². The fourth-order valence-corrected chi connectivity index (χ4v) is 2.87. The molecule has 0 unspecified atom stereocenters. The molecule has 0 saturated heterocycles. The first-order chi connectivity index (χ1) is 10.2. The van der Waals surface area contributed by atoms with Crippen molar-refractivity contribution in [3.05, 3.63) is 47.5 Å². The lowest BCUT2D eigenvalue weighted by molar-refractivity contribution is 0.290. The predicted octanol–water partition coefficient (Wildman–Crippen LogP) is 4.41. The standard InChI is InChI=1S/C17H21FN2O/c1-13-11-16(7-8-17(13)18)21-12-14-9-10-20(19-14)15-5-3-2-4-6-15/h7-11,15H,2-6,12H2,1H3. The molecule has 0 atom stereocenters. The summed E-state index contributed by atoms with van der Waals surface area (Å²) in [7, 11) is 0. The van der Waals surface area contributed by atoms with Gasteiger partial charge in [-0.15, -0.1) is 0 Å². The first-order valence-electron chi connectivity index (χ1n) is 7.65. The van der Waals surface area contributed by atoms with E-state index in [1.165, 1.54) is 38.2 Å². The molecule has 2 aromatic rings. The van der Waals surface area contributed by atoms with Crippen molar-refractivity contribution in [2.75, 3.05) is 0 Å². The van der Waals surface area contributed by atoms with E-state index in [1.54, 1.807) is 19.1 Å². The Morgan fingerprint density at radius 2 is 2.05 bits per heavy atom. The van der Waals surface area contributed by atoms with E-state index >= 15 is 0 Å². The van der Waals surface area contributed by atoms with Gasteiger partial charge in [0.2, 0.25) is 0 Å². The average molecular weight is 288 g/mol. The number of benzene rings is 1. The number of ether oxygens (including phenoxy) is 1. The summed E-state index contributed by atoms with van der Waals surface area (Å²) in [5.41, 5.74) is 1.52. The van der Waals surface area contributed by atoms with E-state index < -0.39 is 0 Å². The van der Waals surface area contributed by atoms with Crippen molar-refractivity contribution < 1.29 is 9.13 Å². The third-order valence-corrected chi connectivity index (χ3v) is 4.13. The van der Waals surface area contributed by atoms with Gasteiger partial charge in [-0.2, -0.15) is 5.10 Å². The number of halogens is 1. The van der Waals surface area contributed by atoms with Crippen LogP contribution in [0.3, 0.4) is 0 Å². The molecular weight excluding hydrogens is 267 g/mol. The van der Waals surface area contributed by atoms with E-state index in [4.69, 9.17) is 4.74 Å². The van der Waals surface area contributed by atoms with Gasteiger partial charge in [-0.05, 0) is 49.6 Å².